The van der Waals surface area contributed by atoms with E-state index in [0.29, 0.717) is 23.7 Å². The second-order valence-electron chi connectivity index (χ2n) is 9.54. The second-order valence-corrected chi connectivity index (χ2v) is 9.54. The van der Waals surface area contributed by atoms with Crippen molar-refractivity contribution in [2.75, 3.05) is 20.3 Å². The van der Waals surface area contributed by atoms with Crippen molar-refractivity contribution in [1.82, 2.24) is 0 Å². The van der Waals surface area contributed by atoms with Crippen LogP contribution in [0.15, 0.2) is 66.3 Å². The third kappa shape index (κ3) is 8.19. The highest BCUT2D eigenvalue weighted by Gasteiger charge is 2.39. The van der Waals surface area contributed by atoms with Crippen LogP contribution in [-0.2, 0) is 9.53 Å². The maximum atomic E-state index is 16.5. The number of allylic oxidation sites excluding steroid dienone is 2. The summed E-state index contributed by atoms with van der Waals surface area (Å²) in [5.74, 6) is -1.55. The number of methoxy groups -OCH3 is 1. The number of carbonyl (C=O) groups is 1. The number of carboxylic acid groups (broad SMARTS) is 1. The Balaban J connectivity index is 1.78. The Bertz CT molecular complexity index is 1090. The summed E-state index contributed by atoms with van der Waals surface area (Å²) in [5.41, 5.74) is 2.93. The van der Waals surface area contributed by atoms with Crippen LogP contribution in [0.2, 0.25) is 0 Å². The first-order valence-corrected chi connectivity index (χ1v) is 13.2. The van der Waals surface area contributed by atoms with E-state index in [2.05, 4.69) is 6.92 Å². The molecule has 1 unspecified atom stereocenters. The van der Waals surface area contributed by atoms with Gasteiger partial charge < -0.3 is 19.3 Å². The van der Waals surface area contributed by atoms with E-state index in [4.69, 9.17) is 14.2 Å². The molecule has 0 aliphatic heterocycles. The van der Waals surface area contributed by atoms with E-state index < -0.39 is 11.8 Å². The zero-order chi connectivity index (χ0) is 26.7. The summed E-state index contributed by atoms with van der Waals surface area (Å²) >= 11 is 0. The number of benzene rings is 2. The number of halogens is 1. The number of alkyl halides is 1. The average molecular weight is 511 g/mol. The van der Waals surface area contributed by atoms with Crippen LogP contribution in [0.1, 0.15) is 75.8 Å². The van der Waals surface area contributed by atoms with E-state index in [1.807, 2.05) is 61.5 Å². The van der Waals surface area contributed by atoms with Crippen molar-refractivity contribution in [3.8, 4) is 11.5 Å². The third-order valence-corrected chi connectivity index (χ3v) is 6.61. The quantitative estimate of drug-likeness (QED) is 0.249. The molecule has 1 aliphatic rings. The number of rotatable bonds is 15. The zero-order valence-electron chi connectivity index (χ0n) is 22.2. The van der Waals surface area contributed by atoms with Crippen LogP contribution in [0.5, 0.6) is 11.5 Å². The summed E-state index contributed by atoms with van der Waals surface area (Å²) < 4.78 is 33.7. The molecule has 0 saturated carbocycles. The van der Waals surface area contributed by atoms with Crippen molar-refractivity contribution in [2.45, 2.75) is 70.6 Å². The lowest BCUT2D eigenvalue weighted by molar-refractivity contribution is -0.137. The number of aliphatic carboxylic acids is 1. The van der Waals surface area contributed by atoms with Gasteiger partial charge in [-0.2, -0.15) is 0 Å². The molecule has 1 N–H and O–H groups in total. The lowest BCUT2D eigenvalue weighted by Crippen LogP contribution is -2.32. The molecule has 0 saturated heterocycles. The highest BCUT2D eigenvalue weighted by Crippen LogP contribution is 2.41. The lowest BCUT2D eigenvalue weighted by Gasteiger charge is -2.32. The Kier molecular flexibility index (Phi) is 10.8. The van der Waals surface area contributed by atoms with Crippen LogP contribution in [-0.4, -0.2) is 37.3 Å². The van der Waals surface area contributed by atoms with Crippen LogP contribution in [0.25, 0.3) is 5.57 Å². The number of hydrogen-bond donors (Lipinski definition) is 1. The van der Waals surface area contributed by atoms with Gasteiger partial charge in [-0.25, -0.2) is 4.39 Å². The van der Waals surface area contributed by atoms with Crippen molar-refractivity contribution >= 4 is 11.5 Å². The maximum Gasteiger partial charge on any atom is 0.303 e. The first-order chi connectivity index (χ1) is 17.9. The van der Waals surface area contributed by atoms with Gasteiger partial charge >= 0.3 is 5.97 Å². The van der Waals surface area contributed by atoms with Gasteiger partial charge in [0.25, 0.3) is 0 Å². The number of ether oxygens (including phenoxy) is 3. The van der Waals surface area contributed by atoms with Crippen molar-refractivity contribution in [3.05, 3.63) is 77.4 Å². The van der Waals surface area contributed by atoms with E-state index in [1.54, 1.807) is 13.2 Å². The van der Waals surface area contributed by atoms with Gasteiger partial charge in [0.1, 0.15) is 18.1 Å². The minimum Gasteiger partial charge on any atom is -0.497 e. The van der Waals surface area contributed by atoms with Crippen LogP contribution < -0.4 is 9.47 Å². The lowest BCUT2D eigenvalue weighted by atomic mass is 9.88. The van der Waals surface area contributed by atoms with Gasteiger partial charge in [-0.15, -0.1) is 0 Å². The molecule has 1 aliphatic carbocycles. The smallest absolute Gasteiger partial charge is 0.303 e. The molecule has 2 atom stereocenters. The summed E-state index contributed by atoms with van der Waals surface area (Å²) in [4.78, 5) is 11.3. The Hall–Kier alpha value is -3.12. The van der Waals surface area contributed by atoms with Crippen molar-refractivity contribution in [1.29, 1.82) is 0 Å². The number of carboxylic acids is 1. The van der Waals surface area contributed by atoms with Gasteiger partial charge in [-0.1, -0.05) is 69.5 Å². The van der Waals surface area contributed by atoms with Crippen LogP contribution in [0, 0.1) is 0 Å². The molecular weight excluding hydrogens is 471 g/mol. The van der Waals surface area contributed by atoms with Crippen molar-refractivity contribution in [3.63, 3.8) is 0 Å². The second kappa shape index (κ2) is 14.0. The summed E-state index contributed by atoms with van der Waals surface area (Å²) in [5, 5.41) is 9.29. The molecule has 0 amide bonds. The fourth-order valence-electron chi connectivity index (χ4n) is 4.67. The van der Waals surface area contributed by atoms with Crippen LogP contribution >= 0.6 is 0 Å². The first-order valence-electron chi connectivity index (χ1n) is 13.2. The van der Waals surface area contributed by atoms with E-state index in [9.17, 15) is 9.90 Å². The Morgan fingerprint density at radius 2 is 1.84 bits per heavy atom. The fourth-order valence-corrected chi connectivity index (χ4v) is 4.67. The molecule has 200 valence electrons. The molecule has 6 heteroatoms. The van der Waals surface area contributed by atoms with Gasteiger partial charge in [0, 0.05) is 12.0 Å². The predicted molar refractivity (Wildman–Crippen MR) is 145 cm³/mol. The molecular formula is C31H39FO5. The molecule has 0 fully saturated rings. The monoisotopic (exact) mass is 510 g/mol. The first kappa shape index (κ1) is 28.5. The van der Waals surface area contributed by atoms with Gasteiger partial charge in [0.15, 0.2) is 0 Å². The highest BCUT2D eigenvalue weighted by molar-refractivity contribution is 5.75. The molecule has 0 heterocycles. The molecule has 0 bridgehead atoms. The van der Waals surface area contributed by atoms with Crippen LogP contribution in [0.3, 0.4) is 0 Å². The molecule has 5 nitrogen and oxygen atoms in total. The zero-order valence-corrected chi connectivity index (χ0v) is 22.2. The predicted octanol–water partition coefficient (Wildman–Crippen LogP) is 7.72. The van der Waals surface area contributed by atoms with Crippen molar-refractivity contribution in [2.24, 2.45) is 0 Å². The summed E-state index contributed by atoms with van der Waals surface area (Å²) in [6.07, 6.45) is 8.33. The van der Waals surface area contributed by atoms with Gasteiger partial charge in [0.05, 0.1) is 20.1 Å². The molecule has 0 radical (unpaired) electrons. The minimum absolute atomic E-state index is 0.0664. The normalized spacial score (nSPS) is 18.1. The molecule has 0 aromatic heterocycles. The van der Waals surface area contributed by atoms with Gasteiger partial charge in [-0.3, -0.25) is 4.79 Å². The molecule has 2 aromatic carbocycles. The largest absolute Gasteiger partial charge is 0.497 e. The summed E-state index contributed by atoms with van der Waals surface area (Å²) in [6.45, 7) is 4.70. The number of hydrogen-bond acceptors (Lipinski definition) is 4. The number of unbranched alkanes of at least 4 members (excludes halogenated alkanes) is 2. The van der Waals surface area contributed by atoms with Gasteiger partial charge in [0.2, 0.25) is 5.85 Å². The topological polar surface area (TPSA) is 65.0 Å². The molecule has 3 rings (SSSR count). The highest BCUT2D eigenvalue weighted by atomic mass is 19.2. The fraction of sp³-hybridized carbons (Fsp3) is 0.452. The molecule has 0 spiro atoms. The van der Waals surface area contributed by atoms with E-state index >= 15 is 4.39 Å². The van der Waals surface area contributed by atoms with Gasteiger partial charge in [-0.05, 0) is 59.7 Å². The van der Waals surface area contributed by atoms with E-state index in [1.165, 1.54) is 0 Å². The van der Waals surface area contributed by atoms with Crippen molar-refractivity contribution < 1.29 is 28.5 Å². The minimum atomic E-state index is -1.97. The Labute approximate surface area is 219 Å². The average Bonchev–Trinajstić information content (AvgIpc) is 2.90. The Morgan fingerprint density at radius 3 is 2.57 bits per heavy atom. The molecule has 37 heavy (non-hydrogen) atoms. The standard InChI is InChI=1S/C31H39FO5/c1-4-6-7-17-37-31(32)21-23(15-16-29(31)26-12-9-13-27(19-26)35-3)22-36-28-14-8-11-25(18-28)24(10-5-2)20-30(33)34/h8-9,11-16,18-19,24H,4-7,10,17,20-22H2,1-3H3,(H,33,34)/t24-,31?/m0/s1. The SMILES string of the molecule is CCCCCOC1(F)CC(COc2cccc([C@@H](CCC)CC(=O)O)c2)=CC=C1c1cccc(OC)c1. The van der Waals surface area contributed by atoms with Crippen LogP contribution in [0.4, 0.5) is 4.39 Å². The Morgan fingerprint density at radius 1 is 1.05 bits per heavy atom. The third-order valence-electron chi connectivity index (χ3n) is 6.61. The van der Waals surface area contributed by atoms with E-state index in [-0.39, 0.29) is 25.4 Å². The maximum absolute atomic E-state index is 16.5. The van der Waals surface area contributed by atoms with E-state index in [0.717, 1.165) is 48.8 Å². The summed E-state index contributed by atoms with van der Waals surface area (Å²) in [6, 6.07) is 14.9. The molecule has 2 aromatic rings. The summed E-state index contributed by atoms with van der Waals surface area (Å²) in [7, 11) is 1.59.